The monoisotopic (exact) mass is 341 g/mol. The summed E-state index contributed by atoms with van der Waals surface area (Å²) in [6, 6.07) is 9.43. The summed E-state index contributed by atoms with van der Waals surface area (Å²) < 4.78 is 13.9. The number of nitrogens with one attached hydrogen (secondary N) is 1. The zero-order chi connectivity index (χ0) is 14.0. The van der Waals surface area contributed by atoms with Gasteiger partial charge in [0.1, 0.15) is 5.82 Å². The van der Waals surface area contributed by atoms with Crippen molar-refractivity contribution in [3.05, 3.63) is 45.5 Å². The van der Waals surface area contributed by atoms with Crippen LogP contribution in [0.5, 0.6) is 0 Å². The van der Waals surface area contributed by atoms with Gasteiger partial charge in [0.15, 0.2) is 0 Å². The molecule has 0 aliphatic carbocycles. The van der Waals surface area contributed by atoms with Gasteiger partial charge in [0.2, 0.25) is 0 Å². The normalized spacial score (nSPS) is 12.9. The predicted octanol–water partition coefficient (Wildman–Crippen LogP) is 5.23. The molecule has 1 heterocycles. The molecule has 2 rings (SSSR count). The van der Waals surface area contributed by atoms with Crippen molar-refractivity contribution >= 4 is 27.3 Å². The molecule has 0 saturated heterocycles. The van der Waals surface area contributed by atoms with E-state index in [1.54, 1.807) is 11.3 Å². The molecule has 1 unspecified atom stereocenters. The number of thiophene rings is 1. The van der Waals surface area contributed by atoms with Gasteiger partial charge in [0, 0.05) is 25.8 Å². The standard InChI is InChI=1S/C15H17BrFNS/c1-9(2)15(18-3)14-7-6-13(19-14)11-5-4-10(17)8-12(11)16/h4-9,15,18H,1-3H3. The van der Waals surface area contributed by atoms with E-state index in [1.807, 2.05) is 13.1 Å². The zero-order valence-electron chi connectivity index (χ0n) is 11.2. The van der Waals surface area contributed by atoms with E-state index in [0.29, 0.717) is 12.0 Å². The molecule has 0 spiro atoms. The topological polar surface area (TPSA) is 12.0 Å². The molecule has 2 aromatic rings. The van der Waals surface area contributed by atoms with Gasteiger partial charge in [0.25, 0.3) is 0 Å². The Morgan fingerprint density at radius 3 is 2.53 bits per heavy atom. The maximum absolute atomic E-state index is 13.1. The van der Waals surface area contributed by atoms with Crippen molar-refractivity contribution in [1.29, 1.82) is 0 Å². The lowest BCUT2D eigenvalue weighted by atomic mass is 10.0. The van der Waals surface area contributed by atoms with Gasteiger partial charge >= 0.3 is 0 Å². The molecule has 1 aromatic heterocycles. The molecule has 0 bridgehead atoms. The van der Waals surface area contributed by atoms with E-state index < -0.39 is 0 Å². The number of benzene rings is 1. The second-order valence-electron chi connectivity index (χ2n) is 4.84. The molecule has 0 aliphatic heterocycles. The first-order chi connectivity index (χ1) is 9.02. The van der Waals surface area contributed by atoms with Crippen molar-refractivity contribution < 1.29 is 4.39 Å². The van der Waals surface area contributed by atoms with Crippen LogP contribution in [0, 0.1) is 11.7 Å². The Morgan fingerprint density at radius 2 is 1.95 bits per heavy atom. The molecule has 0 amide bonds. The molecule has 4 heteroatoms. The molecule has 1 N–H and O–H groups in total. The Bertz CT molecular complexity index is 565. The lowest BCUT2D eigenvalue weighted by Gasteiger charge is -2.18. The molecule has 1 atom stereocenters. The van der Waals surface area contributed by atoms with Crippen LogP contribution < -0.4 is 5.32 Å². The Labute approximate surface area is 126 Å². The van der Waals surface area contributed by atoms with Crippen LogP contribution in [0.2, 0.25) is 0 Å². The van der Waals surface area contributed by atoms with Gasteiger partial charge < -0.3 is 5.32 Å². The lowest BCUT2D eigenvalue weighted by molar-refractivity contribution is 0.449. The average molecular weight is 342 g/mol. The lowest BCUT2D eigenvalue weighted by Crippen LogP contribution is -2.20. The molecular formula is C15H17BrFNS. The van der Waals surface area contributed by atoms with Crippen molar-refractivity contribution in [1.82, 2.24) is 5.32 Å². The van der Waals surface area contributed by atoms with Crippen LogP contribution in [-0.2, 0) is 0 Å². The molecule has 19 heavy (non-hydrogen) atoms. The van der Waals surface area contributed by atoms with E-state index in [4.69, 9.17) is 0 Å². The second kappa shape index (κ2) is 6.16. The van der Waals surface area contributed by atoms with Crippen LogP contribution >= 0.6 is 27.3 Å². The maximum Gasteiger partial charge on any atom is 0.124 e. The summed E-state index contributed by atoms with van der Waals surface area (Å²) in [5.74, 6) is 0.316. The van der Waals surface area contributed by atoms with Crippen molar-refractivity contribution in [3.63, 3.8) is 0 Å². The molecule has 1 aromatic carbocycles. The zero-order valence-corrected chi connectivity index (χ0v) is 13.6. The fourth-order valence-corrected chi connectivity index (χ4v) is 4.18. The molecule has 0 radical (unpaired) electrons. The number of hydrogen-bond donors (Lipinski definition) is 1. The van der Waals surface area contributed by atoms with Crippen LogP contribution in [0.25, 0.3) is 10.4 Å². The quantitative estimate of drug-likeness (QED) is 0.802. The molecular weight excluding hydrogens is 325 g/mol. The van der Waals surface area contributed by atoms with E-state index in [-0.39, 0.29) is 5.82 Å². The van der Waals surface area contributed by atoms with E-state index in [0.717, 1.165) is 14.9 Å². The van der Waals surface area contributed by atoms with Gasteiger partial charge in [-0.15, -0.1) is 11.3 Å². The van der Waals surface area contributed by atoms with Gasteiger partial charge in [-0.1, -0.05) is 29.8 Å². The third-order valence-corrected chi connectivity index (χ3v) is 4.97. The Balaban J connectivity index is 2.35. The minimum atomic E-state index is -0.220. The molecule has 102 valence electrons. The highest BCUT2D eigenvalue weighted by Gasteiger charge is 2.16. The van der Waals surface area contributed by atoms with E-state index in [9.17, 15) is 4.39 Å². The van der Waals surface area contributed by atoms with Crippen molar-refractivity contribution in [2.75, 3.05) is 7.05 Å². The highest BCUT2D eigenvalue weighted by molar-refractivity contribution is 9.10. The summed E-state index contributed by atoms with van der Waals surface area (Å²) in [6.45, 7) is 4.41. The van der Waals surface area contributed by atoms with Crippen LogP contribution in [-0.4, -0.2) is 7.05 Å². The number of rotatable bonds is 4. The summed E-state index contributed by atoms with van der Waals surface area (Å²) in [7, 11) is 1.98. The number of halogens is 2. The Morgan fingerprint density at radius 1 is 1.21 bits per heavy atom. The second-order valence-corrected chi connectivity index (χ2v) is 6.81. The SMILES string of the molecule is CNC(c1ccc(-c2ccc(F)cc2Br)s1)C(C)C. The van der Waals surface area contributed by atoms with E-state index in [1.165, 1.54) is 17.0 Å². The van der Waals surface area contributed by atoms with Crippen LogP contribution in [0.4, 0.5) is 4.39 Å². The fourth-order valence-electron chi connectivity index (χ4n) is 2.16. The predicted molar refractivity (Wildman–Crippen MR) is 84.1 cm³/mol. The molecule has 1 nitrogen and oxygen atoms in total. The molecule has 0 fully saturated rings. The van der Waals surface area contributed by atoms with Crippen LogP contribution in [0.3, 0.4) is 0 Å². The van der Waals surface area contributed by atoms with Gasteiger partial charge in [-0.3, -0.25) is 0 Å². The Kier molecular flexibility index (Phi) is 4.76. The maximum atomic E-state index is 13.1. The third-order valence-electron chi connectivity index (χ3n) is 3.11. The van der Waals surface area contributed by atoms with Crippen molar-refractivity contribution in [2.45, 2.75) is 19.9 Å². The van der Waals surface area contributed by atoms with Gasteiger partial charge in [0.05, 0.1) is 0 Å². The number of hydrogen-bond acceptors (Lipinski definition) is 2. The fraction of sp³-hybridized carbons (Fsp3) is 0.333. The smallest absolute Gasteiger partial charge is 0.124 e. The molecule has 0 aliphatic rings. The summed E-state index contributed by atoms with van der Waals surface area (Å²) in [5.41, 5.74) is 1.04. The van der Waals surface area contributed by atoms with Crippen molar-refractivity contribution in [3.8, 4) is 10.4 Å². The minimum absolute atomic E-state index is 0.220. The van der Waals surface area contributed by atoms with Gasteiger partial charge in [-0.05, 0) is 43.3 Å². The minimum Gasteiger partial charge on any atom is -0.312 e. The summed E-state index contributed by atoms with van der Waals surface area (Å²) in [6.07, 6.45) is 0. The average Bonchev–Trinajstić information content (AvgIpc) is 2.78. The summed E-state index contributed by atoms with van der Waals surface area (Å²) >= 11 is 5.18. The highest BCUT2D eigenvalue weighted by atomic mass is 79.9. The summed E-state index contributed by atoms with van der Waals surface area (Å²) in [5, 5.41) is 3.35. The largest absolute Gasteiger partial charge is 0.312 e. The summed E-state index contributed by atoms with van der Waals surface area (Å²) in [4.78, 5) is 2.46. The van der Waals surface area contributed by atoms with Crippen molar-refractivity contribution in [2.24, 2.45) is 5.92 Å². The van der Waals surface area contributed by atoms with E-state index >= 15 is 0 Å². The first-order valence-corrected chi connectivity index (χ1v) is 7.86. The van der Waals surface area contributed by atoms with E-state index in [2.05, 4.69) is 47.2 Å². The first-order valence-electron chi connectivity index (χ1n) is 6.25. The van der Waals surface area contributed by atoms with Crippen LogP contribution in [0.1, 0.15) is 24.8 Å². The third kappa shape index (κ3) is 3.25. The molecule has 0 saturated carbocycles. The van der Waals surface area contributed by atoms with Gasteiger partial charge in [-0.2, -0.15) is 0 Å². The van der Waals surface area contributed by atoms with Gasteiger partial charge in [-0.25, -0.2) is 4.39 Å². The highest BCUT2D eigenvalue weighted by Crippen LogP contribution is 2.37. The van der Waals surface area contributed by atoms with Crippen LogP contribution in [0.15, 0.2) is 34.8 Å². The first kappa shape index (κ1) is 14.7. The Hall–Kier alpha value is -0.710.